The van der Waals surface area contributed by atoms with Gasteiger partial charge in [-0.1, -0.05) is 60.7 Å². The molecule has 2 aromatic rings. The molecular weight excluding hydrogens is 272 g/mol. The zero-order valence-corrected chi connectivity index (χ0v) is 13.0. The molecule has 2 unspecified atom stereocenters. The Hall–Kier alpha value is -2.13. The van der Waals surface area contributed by atoms with Crippen LogP contribution in [-0.2, 0) is 11.2 Å². The number of nitrogens with two attached hydrogens (primary N) is 1. The van der Waals surface area contributed by atoms with E-state index in [9.17, 15) is 4.79 Å². The van der Waals surface area contributed by atoms with Crippen LogP contribution in [0, 0.1) is 0 Å². The highest BCUT2D eigenvalue weighted by molar-refractivity contribution is 5.76. The lowest BCUT2D eigenvalue weighted by molar-refractivity contribution is -0.122. The number of amides is 1. The Morgan fingerprint density at radius 2 is 1.64 bits per heavy atom. The summed E-state index contributed by atoms with van der Waals surface area (Å²) in [6, 6.07) is 20.4. The number of hydrogen-bond donors (Lipinski definition) is 2. The zero-order valence-electron chi connectivity index (χ0n) is 13.0. The van der Waals surface area contributed by atoms with E-state index in [0.717, 1.165) is 12.0 Å². The predicted octanol–water partition coefficient (Wildman–Crippen LogP) is 3.21. The van der Waals surface area contributed by atoms with Crippen LogP contribution in [-0.4, -0.2) is 11.9 Å². The summed E-state index contributed by atoms with van der Waals surface area (Å²) in [6.07, 6.45) is 1.96. The summed E-state index contributed by atoms with van der Waals surface area (Å²) in [7, 11) is 0. The van der Waals surface area contributed by atoms with Crippen molar-refractivity contribution < 1.29 is 4.79 Å². The molecule has 2 aromatic carbocycles. The van der Waals surface area contributed by atoms with E-state index in [4.69, 9.17) is 5.73 Å². The summed E-state index contributed by atoms with van der Waals surface area (Å²) in [5.74, 6) is 0.0575. The Labute approximate surface area is 132 Å². The van der Waals surface area contributed by atoms with E-state index in [1.54, 1.807) is 0 Å². The molecule has 1 amide bonds. The van der Waals surface area contributed by atoms with Gasteiger partial charge < -0.3 is 11.1 Å². The summed E-state index contributed by atoms with van der Waals surface area (Å²) in [5.41, 5.74) is 8.06. The first kappa shape index (κ1) is 16.2. The Morgan fingerprint density at radius 3 is 2.23 bits per heavy atom. The SMILES string of the molecule is CC(N)CCC(=O)NC(Cc1ccccc1)c1ccccc1. The normalized spacial score (nSPS) is 13.4. The van der Waals surface area contributed by atoms with E-state index in [-0.39, 0.29) is 18.0 Å². The second-order valence-corrected chi connectivity index (χ2v) is 5.74. The van der Waals surface area contributed by atoms with Crippen LogP contribution in [0.4, 0.5) is 0 Å². The van der Waals surface area contributed by atoms with Crippen LogP contribution in [0.1, 0.15) is 36.9 Å². The monoisotopic (exact) mass is 296 g/mol. The Bertz CT molecular complexity index is 567. The fourth-order valence-electron chi connectivity index (χ4n) is 2.41. The molecule has 0 aliphatic carbocycles. The van der Waals surface area contributed by atoms with E-state index in [2.05, 4.69) is 29.6 Å². The number of carbonyl (C=O) groups is 1. The number of carbonyl (C=O) groups excluding carboxylic acids is 1. The van der Waals surface area contributed by atoms with Gasteiger partial charge in [0.25, 0.3) is 0 Å². The first-order chi connectivity index (χ1) is 10.6. The highest BCUT2D eigenvalue weighted by Crippen LogP contribution is 2.18. The van der Waals surface area contributed by atoms with Gasteiger partial charge in [-0.05, 0) is 30.9 Å². The maximum Gasteiger partial charge on any atom is 0.220 e. The molecule has 0 aliphatic rings. The molecule has 0 heterocycles. The lowest BCUT2D eigenvalue weighted by Gasteiger charge is -2.20. The highest BCUT2D eigenvalue weighted by Gasteiger charge is 2.15. The lowest BCUT2D eigenvalue weighted by atomic mass is 9.98. The molecule has 2 atom stereocenters. The van der Waals surface area contributed by atoms with Crippen molar-refractivity contribution in [3.05, 3.63) is 71.8 Å². The third-order valence-electron chi connectivity index (χ3n) is 3.65. The number of nitrogens with one attached hydrogen (secondary N) is 1. The smallest absolute Gasteiger partial charge is 0.220 e. The summed E-state index contributed by atoms with van der Waals surface area (Å²) < 4.78 is 0. The molecule has 0 radical (unpaired) electrons. The summed E-state index contributed by atoms with van der Waals surface area (Å²) in [4.78, 5) is 12.2. The average Bonchev–Trinajstić information content (AvgIpc) is 2.54. The van der Waals surface area contributed by atoms with Crippen molar-refractivity contribution in [3.8, 4) is 0 Å². The standard InChI is InChI=1S/C19H24N2O/c1-15(20)12-13-19(22)21-18(17-10-6-3-7-11-17)14-16-8-4-2-5-9-16/h2-11,15,18H,12-14,20H2,1H3,(H,21,22). The van der Waals surface area contributed by atoms with E-state index in [0.29, 0.717) is 12.8 Å². The van der Waals surface area contributed by atoms with Crippen LogP contribution in [0.5, 0.6) is 0 Å². The van der Waals surface area contributed by atoms with E-state index in [1.165, 1.54) is 5.56 Å². The van der Waals surface area contributed by atoms with Gasteiger partial charge in [-0.2, -0.15) is 0 Å². The van der Waals surface area contributed by atoms with Crippen LogP contribution in [0.15, 0.2) is 60.7 Å². The van der Waals surface area contributed by atoms with Gasteiger partial charge >= 0.3 is 0 Å². The van der Waals surface area contributed by atoms with Gasteiger partial charge in [-0.3, -0.25) is 4.79 Å². The van der Waals surface area contributed by atoms with Crippen LogP contribution < -0.4 is 11.1 Å². The minimum Gasteiger partial charge on any atom is -0.349 e. The molecule has 3 nitrogen and oxygen atoms in total. The minimum atomic E-state index is -0.0100. The van der Waals surface area contributed by atoms with Gasteiger partial charge in [-0.25, -0.2) is 0 Å². The summed E-state index contributed by atoms with van der Waals surface area (Å²) in [5, 5.41) is 3.14. The number of rotatable bonds is 7. The zero-order chi connectivity index (χ0) is 15.8. The molecule has 0 spiro atoms. The third-order valence-corrected chi connectivity index (χ3v) is 3.65. The molecule has 3 heteroatoms. The largest absolute Gasteiger partial charge is 0.349 e. The molecular formula is C19H24N2O. The van der Waals surface area contributed by atoms with E-state index in [1.807, 2.05) is 43.3 Å². The first-order valence-electron chi connectivity index (χ1n) is 7.79. The fourth-order valence-corrected chi connectivity index (χ4v) is 2.41. The quantitative estimate of drug-likeness (QED) is 0.824. The van der Waals surface area contributed by atoms with Crippen molar-refractivity contribution in [1.29, 1.82) is 0 Å². The van der Waals surface area contributed by atoms with Crippen molar-refractivity contribution in [2.75, 3.05) is 0 Å². The fraction of sp³-hybridized carbons (Fsp3) is 0.316. The lowest BCUT2D eigenvalue weighted by Crippen LogP contribution is -2.31. The van der Waals surface area contributed by atoms with Gasteiger partial charge in [0.05, 0.1) is 6.04 Å². The van der Waals surface area contributed by atoms with E-state index < -0.39 is 0 Å². The Kier molecular flexibility index (Phi) is 6.16. The first-order valence-corrected chi connectivity index (χ1v) is 7.79. The molecule has 116 valence electrons. The molecule has 0 aliphatic heterocycles. The van der Waals surface area contributed by atoms with Crippen molar-refractivity contribution in [1.82, 2.24) is 5.32 Å². The summed E-state index contributed by atoms with van der Waals surface area (Å²) >= 11 is 0. The van der Waals surface area contributed by atoms with Gasteiger partial charge in [0.2, 0.25) is 5.91 Å². The number of benzene rings is 2. The van der Waals surface area contributed by atoms with Gasteiger partial charge in [0, 0.05) is 12.5 Å². The predicted molar refractivity (Wildman–Crippen MR) is 90.4 cm³/mol. The van der Waals surface area contributed by atoms with Crippen molar-refractivity contribution >= 4 is 5.91 Å². The van der Waals surface area contributed by atoms with Crippen LogP contribution >= 0.6 is 0 Å². The maximum atomic E-state index is 12.2. The maximum absolute atomic E-state index is 12.2. The molecule has 0 saturated heterocycles. The highest BCUT2D eigenvalue weighted by atomic mass is 16.1. The second kappa shape index (κ2) is 8.35. The van der Waals surface area contributed by atoms with Crippen molar-refractivity contribution in [3.63, 3.8) is 0 Å². The van der Waals surface area contributed by atoms with Crippen molar-refractivity contribution in [2.45, 2.75) is 38.3 Å². The second-order valence-electron chi connectivity index (χ2n) is 5.74. The average molecular weight is 296 g/mol. The molecule has 0 aromatic heterocycles. The van der Waals surface area contributed by atoms with Crippen LogP contribution in [0.3, 0.4) is 0 Å². The van der Waals surface area contributed by atoms with Gasteiger partial charge in [-0.15, -0.1) is 0 Å². The van der Waals surface area contributed by atoms with Crippen LogP contribution in [0.25, 0.3) is 0 Å². The molecule has 2 rings (SSSR count). The third kappa shape index (κ3) is 5.34. The topological polar surface area (TPSA) is 55.1 Å². The number of hydrogen-bond acceptors (Lipinski definition) is 2. The Balaban J connectivity index is 2.07. The Morgan fingerprint density at radius 1 is 1.05 bits per heavy atom. The summed E-state index contributed by atoms with van der Waals surface area (Å²) in [6.45, 7) is 1.92. The van der Waals surface area contributed by atoms with Gasteiger partial charge in [0.1, 0.15) is 0 Å². The molecule has 0 bridgehead atoms. The van der Waals surface area contributed by atoms with Gasteiger partial charge in [0.15, 0.2) is 0 Å². The van der Waals surface area contributed by atoms with Crippen LogP contribution in [0.2, 0.25) is 0 Å². The molecule has 0 saturated carbocycles. The van der Waals surface area contributed by atoms with Crippen molar-refractivity contribution in [2.24, 2.45) is 5.73 Å². The minimum absolute atomic E-state index is 0.0100. The molecule has 0 fully saturated rings. The van der Waals surface area contributed by atoms with E-state index >= 15 is 0 Å². The molecule has 3 N–H and O–H groups in total. The molecule has 22 heavy (non-hydrogen) atoms.